The molecule has 0 saturated heterocycles. The molecule has 0 aliphatic heterocycles. The molecule has 1 heterocycles. The van der Waals surface area contributed by atoms with Gasteiger partial charge >= 0.3 is 5.97 Å². The standard InChI is InChI=1S/C31H32N2O3/c1-36-31(35)28(33(20-22-11-4-2-5-12-22)21-23-13-6-3-7-14-23)19-26-24-15-8-9-17-27(24)32-30(26)25-16-10-18-29(25)34/h2-9,11-15,17,25,28,32H,10,16,18-21H2,1H3/t25?,28-/m0/s1. The second-order valence-corrected chi connectivity index (χ2v) is 9.59. The summed E-state index contributed by atoms with van der Waals surface area (Å²) < 4.78 is 5.36. The predicted octanol–water partition coefficient (Wildman–Crippen LogP) is 5.79. The molecule has 4 aromatic rings. The lowest BCUT2D eigenvalue weighted by atomic mass is 9.93. The normalized spacial score (nSPS) is 16.5. The van der Waals surface area contributed by atoms with E-state index in [1.807, 2.05) is 54.6 Å². The third-order valence-electron chi connectivity index (χ3n) is 7.27. The summed E-state index contributed by atoms with van der Waals surface area (Å²) in [5, 5.41) is 1.07. The Hall–Kier alpha value is -3.70. The van der Waals surface area contributed by atoms with E-state index < -0.39 is 6.04 Å². The Bertz CT molecular complexity index is 1290. The van der Waals surface area contributed by atoms with Crippen molar-refractivity contribution >= 4 is 22.7 Å². The molecule has 1 fully saturated rings. The van der Waals surface area contributed by atoms with Crippen LogP contribution in [0, 0.1) is 0 Å². The first kappa shape index (κ1) is 24.0. The van der Waals surface area contributed by atoms with Crippen molar-refractivity contribution in [1.29, 1.82) is 0 Å². The number of para-hydroxylation sites is 1. The average Bonchev–Trinajstić information content (AvgIpc) is 3.50. The minimum Gasteiger partial charge on any atom is -0.468 e. The van der Waals surface area contributed by atoms with Crippen molar-refractivity contribution in [2.75, 3.05) is 7.11 Å². The third kappa shape index (κ3) is 5.12. The molecule has 5 nitrogen and oxygen atoms in total. The van der Waals surface area contributed by atoms with Gasteiger partial charge in [-0.2, -0.15) is 0 Å². The molecular formula is C31H32N2O3. The van der Waals surface area contributed by atoms with Crippen LogP contribution >= 0.6 is 0 Å². The molecule has 5 rings (SSSR count). The zero-order valence-corrected chi connectivity index (χ0v) is 20.7. The fraction of sp³-hybridized carbons (Fsp3) is 0.290. The summed E-state index contributed by atoms with van der Waals surface area (Å²) in [5.74, 6) is -0.124. The van der Waals surface area contributed by atoms with E-state index in [1.165, 1.54) is 7.11 Å². The zero-order chi connectivity index (χ0) is 24.9. The van der Waals surface area contributed by atoms with Crippen molar-refractivity contribution in [3.63, 3.8) is 0 Å². The molecule has 1 aliphatic carbocycles. The van der Waals surface area contributed by atoms with E-state index in [4.69, 9.17) is 4.74 Å². The molecule has 0 radical (unpaired) electrons. The van der Waals surface area contributed by atoms with Crippen LogP contribution in [-0.4, -0.2) is 34.8 Å². The maximum atomic E-state index is 13.4. The number of aromatic amines is 1. The number of aromatic nitrogens is 1. The van der Waals surface area contributed by atoms with Crippen LogP contribution in [0.2, 0.25) is 0 Å². The first-order valence-corrected chi connectivity index (χ1v) is 12.7. The molecule has 1 aliphatic rings. The molecule has 5 heteroatoms. The number of hydrogen-bond acceptors (Lipinski definition) is 4. The topological polar surface area (TPSA) is 62.4 Å². The summed E-state index contributed by atoms with van der Waals surface area (Å²) >= 11 is 0. The van der Waals surface area contributed by atoms with Gasteiger partial charge in [-0.3, -0.25) is 14.5 Å². The van der Waals surface area contributed by atoms with Crippen molar-refractivity contribution in [3.8, 4) is 0 Å². The Morgan fingerprint density at radius 1 is 0.944 bits per heavy atom. The van der Waals surface area contributed by atoms with E-state index in [2.05, 4.69) is 40.2 Å². The van der Waals surface area contributed by atoms with E-state index in [1.54, 1.807) is 0 Å². The zero-order valence-electron chi connectivity index (χ0n) is 20.7. The Labute approximate surface area is 212 Å². The number of methoxy groups -OCH3 is 1. The maximum absolute atomic E-state index is 13.4. The van der Waals surface area contributed by atoms with Crippen molar-refractivity contribution in [3.05, 3.63) is 107 Å². The van der Waals surface area contributed by atoms with Crippen LogP contribution in [-0.2, 0) is 33.8 Å². The van der Waals surface area contributed by atoms with Crippen molar-refractivity contribution in [2.45, 2.75) is 50.7 Å². The summed E-state index contributed by atoms with van der Waals surface area (Å²) in [6.07, 6.45) is 2.84. The van der Waals surface area contributed by atoms with Gasteiger partial charge in [0.2, 0.25) is 0 Å². The molecule has 36 heavy (non-hydrogen) atoms. The van der Waals surface area contributed by atoms with Crippen LogP contribution in [0.1, 0.15) is 47.6 Å². The molecule has 1 unspecified atom stereocenters. The molecule has 0 spiro atoms. The number of Topliss-reactive ketones (excluding diaryl/α,β-unsaturated/α-hetero) is 1. The summed E-state index contributed by atoms with van der Waals surface area (Å²) in [5.41, 5.74) is 5.28. The van der Waals surface area contributed by atoms with Crippen LogP contribution in [0.3, 0.4) is 0 Å². The lowest BCUT2D eigenvalue weighted by molar-refractivity contribution is -0.147. The van der Waals surface area contributed by atoms with E-state index in [0.717, 1.165) is 46.1 Å². The van der Waals surface area contributed by atoms with Gasteiger partial charge in [-0.05, 0) is 35.6 Å². The Balaban J connectivity index is 1.56. The number of rotatable bonds is 9. The highest BCUT2D eigenvalue weighted by Crippen LogP contribution is 2.37. The Kier molecular flexibility index (Phi) is 7.28. The SMILES string of the molecule is COC(=O)[C@H](Cc1c(C2CCCC2=O)[nH]c2ccccc12)N(Cc1ccccc1)Cc1ccccc1. The largest absolute Gasteiger partial charge is 0.468 e. The van der Waals surface area contributed by atoms with Gasteiger partial charge < -0.3 is 9.72 Å². The quantitative estimate of drug-likeness (QED) is 0.308. The van der Waals surface area contributed by atoms with Crippen LogP contribution in [0.15, 0.2) is 84.9 Å². The van der Waals surface area contributed by atoms with Crippen LogP contribution in [0.5, 0.6) is 0 Å². The highest BCUT2D eigenvalue weighted by atomic mass is 16.5. The number of nitrogens with zero attached hydrogens (tertiary/aromatic N) is 1. The molecule has 2 atom stereocenters. The van der Waals surface area contributed by atoms with Gasteiger partial charge in [0.1, 0.15) is 11.8 Å². The molecule has 184 valence electrons. The van der Waals surface area contributed by atoms with Crippen molar-refractivity contribution in [1.82, 2.24) is 9.88 Å². The van der Waals surface area contributed by atoms with Gasteiger partial charge in [0.15, 0.2) is 0 Å². The number of benzene rings is 3. The van der Waals surface area contributed by atoms with Gasteiger partial charge in [0, 0.05) is 42.5 Å². The fourth-order valence-corrected chi connectivity index (χ4v) is 5.46. The Morgan fingerprint density at radius 3 is 2.14 bits per heavy atom. The molecule has 0 bridgehead atoms. The molecule has 1 saturated carbocycles. The van der Waals surface area contributed by atoms with Crippen LogP contribution in [0.25, 0.3) is 10.9 Å². The summed E-state index contributed by atoms with van der Waals surface area (Å²) in [6.45, 7) is 1.21. The maximum Gasteiger partial charge on any atom is 0.323 e. The number of hydrogen-bond donors (Lipinski definition) is 1. The van der Waals surface area contributed by atoms with Gasteiger partial charge in [-0.25, -0.2) is 0 Å². The first-order chi connectivity index (χ1) is 17.6. The fourth-order valence-electron chi connectivity index (χ4n) is 5.46. The van der Waals surface area contributed by atoms with Gasteiger partial charge in [-0.15, -0.1) is 0 Å². The van der Waals surface area contributed by atoms with E-state index in [-0.39, 0.29) is 17.7 Å². The number of ether oxygens (including phenoxy) is 1. The number of ketones is 1. The average molecular weight is 481 g/mol. The lowest BCUT2D eigenvalue weighted by Gasteiger charge is -2.30. The number of carbonyl (C=O) groups excluding carboxylic acids is 2. The van der Waals surface area contributed by atoms with Crippen molar-refractivity contribution in [2.24, 2.45) is 0 Å². The molecular weight excluding hydrogens is 448 g/mol. The number of nitrogens with one attached hydrogen (secondary N) is 1. The smallest absolute Gasteiger partial charge is 0.323 e. The summed E-state index contributed by atoms with van der Waals surface area (Å²) in [6, 6.07) is 28.0. The van der Waals surface area contributed by atoms with Crippen molar-refractivity contribution < 1.29 is 14.3 Å². The predicted molar refractivity (Wildman–Crippen MR) is 142 cm³/mol. The van der Waals surface area contributed by atoms with E-state index in [9.17, 15) is 9.59 Å². The molecule has 1 N–H and O–H groups in total. The second kappa shape index (κ2) is 10.9. The summed E-state index contributed by atoms with van der Waals surface area (Å²) in [4.78, 5) is 31.9. The number of esters is 1. The second-order valence-electron chi connectivity index (χ2n) is 9.59. The minimum atomic E-state index is -0.509. The van der Waals surface area contributed by atoms with Gasteiger partial charge in [0.05, 0.1) is 13.0 Å². The summed E-state index contributed by atoms with van der Waals surface area (Å²) in [7, 11) is 1.45. The highest BCUT2D eigenvalue weighted by Gasteiger charge is 2.34. The van der Waals surface area contributed by atoms with Crippen LogP contribution in [0.4, 0.5) is 0 Å². The lowest BCUT2D eigenvalue weighted by Crippen LogP contribution is -2.43. The monoisotopic (exact) mass is 480 g/mol. The number of fused-ring (bicyclic) bond motifs is 1. The third-order valence-corrected chi connectivity index (χ3v) is 7.27. The van der Waals surface area contributed by atoms with Crippen LogP contribution < -0.4 is 0 Å². The molecule has 0 amide bonds. The van der Waals surface area contributed by atoms with E-state index >= 15 is 0 Å². The first-order valence-electron chi connectivity index (χ1n) is 12.7. The van der Waals surface area contributed by atoms with Gasteiger partial charge in [-0.1, -0.05) is 78.9 Å². The number of carbonyl (C=O) groups is 2. The Morgan fingerprint density at radius 2 is 1.56 bits per heavy atom. The van der Waals surface area contributed by atoms with E-state index in [0.29, 0.717) is 25.9 Å². The minimum absolute atomic E-state index is 0.137. The number of H-pyrrole nitrogens is 1. The van der Waals surface area contributed by atoms with Gasteiger partial charge in [0.25, 0.3) is 0 Å². The molecule has 3 aromatic carbocycles. The highest BCUT2D eigenvalue weighted by molar-refractivity contribution is 5.92. The molecule has 1 aromatic heterocycles.